The molecule has 3 rings (SSSR count). The average Bonchev–Trinajstić information content (AvgIpc) is 2.85. The number of hydrogen-bond acceptors (Lipinski definition) is 6. The predicted octanol–water partition coefficient (Wildman–Crippen LogP) is 3.54. The van der Waals surface area contributed by atoms with Crippen LogP contribution in [-0.2, 0) is 11.3 Å². The van der Waals surface area contributed by atoms with Gasteiger partial charge in [-0.2, -0.15) is 0 Å². The Labute approximate surface area is 146 Å². The highest BCUT2D eigenvalue weighted by atomic mass is 32.2. The van der Waals surface area contributed by atoms with Crippen LogP contribution in [-0.4, -0.2) is 26.1 Å². The Bertz CT molecular complexity index is 892. The molecule has 0 aliphatic carbocycles. The number of nitro benzene ring substituents is 1. The monoisotopic (exact) mass is 356 g/mol. The Morgan fingerprint density at radius 3 is 2.48 bits per heavy atom. The van der Waals surface area contributed by atoms with E-state index in [0.29, 0.717) is 11.1 Å². The Hall–Kier alpha value is -3.13. The zero-order valence-electron chi connectivity index (χ0n) is 12.8. The highest BCUT2D eigenvalue weighted by Crippen LogP contribution is 2.34. The van der Waals surface area contributed by atoms with Gasteiger partial charge in [0.1, 0.15) is 5.75 Å². The van der Waals surface area contributed by atoms with E-state index in [2.05, 4.69) is 0 Å². The van der Waals surface area contributed by atoms with Gasteiger partial charge in [-0.1, -0.05) is 30.3 Å². The van der Waals surface area contributed by atoms with E-state index >= 15 is 0 Å². The zero-order chi connectivity index (χ0) is 18.0. The first-order valence-corrected chi connectivity index (χ1v) is 8.04. The lowest BCUT2D eigenvalue weighted by Gasteiger charge is -2.12. The molecule has 2 aromatic rings. The third-order valence-corrected chi connectivity index (χ3v) is 4.49. The summed E-state index contributed by atoms with van der Waals surface area (Å²) in [6.45, 7) is -0.158. The van der Waals surface area contributed by atoms with Crippen LogP contribution in [0.1, 0.15) is 11.1 Å². The van der Waals surface area contributed by atoms with Crippen molar-refractivity contribution in [2.24, 2.45) is 0 Å². The van der Waals surface area contributed by atoms with Crippen molar-refractivity contribution in [2.45, 2.75) is 6.54 Å². The number of nitro groups is 1. The Morgan fingerprint density at radius 2 is 1.80 bits per heavy atom. The van der Waals surface area contributed by atoms with Crippen molar-refractivity contribution in [1.29, 1.82) is 0 Å². The van der Waals surface area contributed by atoms with Crippen molar-refractivity contribution >= 4 is 34.7 Å². The molecule has 0 unspecified atom stereocenters. The van der Waals surface area contributed by atoms with Gasteiger partial charge < -0.3 is 5.11 Å². The van der Waals surface area contributed by atoms with E-state index in [4.69, 9.17) is 0 Å². The SMILES string of the molecule is O=C1S/C(=C\c2ccc(O)cc2)C(=O)N1Cc1ccccc1[N+](=O)[O-]. The highest BCUT2D eigenvalue weighted by Gasteiger charge is 2.36. The maximum absolute atomic E-state index is 12.5. The molecule has 2 aromatic carbocycles. The summed E-state index contributed by atoms with van der Waals surface area (Å²) >= 11 is 0.781. The number of aromatic hydroxyl groups is 1. The molecule has 1 aliphatic heterocycles. The summed E-state index contributed by atoms with van der Waals surface area (Å²) in [5.74, 6) is -0.400. The van der Waals surface area contributed by atoms with E-state index < -0.39 is 16.1 Å². The second-order valence-electron chi connectivity index (χ2n) is 5.25. The third kappa shape index (κ3) is 3.53. The van der Waals surface area contributed by atoms with E-state index in [1.807, 2.05) is 0 Å². The molecule has 1 N–H and O–H groups in total. The molecule has 7 nitrogen and oxygen atoms in total. The number of para-hydroxylation sites is 1. The second kappa shape index (κ2) is 6.78. The molecule has 0 atom stereocenters. The fourth-order valence-corrected chi connectivity index (χ4v) is 3.19. The molecule has 25 heavy (non-hydrogen) atoms. The van der Waals surface area contributed by atoms with Gasteiger partial charge in [-0.25, -0.2) is 0 Å². The number of hydrogen-bond donors (Lipinski definition) is 1. The van der Waals surface area contributed by atoms with Crippen LogP contribution in [0.2, 0.25) is 0 Å². The van der Waals surface area contributed by atoms with E-state index in [-0.39, 0.29) is 22.9 Å². The number of benzene rings is 2. The van der Waals surface area contributed by atoms with Gasteiger partial charge in [0.2, 0.25) is 0 Å². The van der Waals surface area contributed by atoms with Gasteiger partial charge in [-0.3, -0.25) is 24.6 Å². The normalized spacial score (nSPS) is 15.8. The lowest BCUT2D eigenvalue weighted by atomic mass is 10.1. The molecule has 1 heterocycles. The van der Waals surface area contributed by atoms with Gasteiger partial charge in [-0.15, -0.1) is 0 Å². The maximum atomic E-state index is 12.5. The molecular weight excluding hydrogens is 344 g/mol. The molecule has 0 radical (unpaired) electrons. The lowest BCUT2D eigenvalue weighted by Crippen LogP contribution is -2.27. The van der Waals surface area contributed by atoms with Gasteiger partial charge in [0.15, 0.2) is 0 Å². The largest absolute Gasteiger partial charge is 0.508 e. The van der Waals surface area contributed by atoms with E-state index in [1.165, 1.54) is 30.3 Å². The quantitative estimate of drug-likeness (QED) is 0.511. The van der Waals surface area contributed by atoms with Crippen LogP contribution in [0.3, 0.4) is 0 Å². The number of nitrogens with zero attached hydrogens (tertiary/aromatic N) is 2. The van der Waals surface area contributed by atoms with Gasteiger partial charge in [0, 0.05) is 11.6 Å². The van der Waals surface area contributed by atoms with E-state index in [9.17, 15) is 24.8 Å². The summed E-state index contributed by atoms with van der Waals surface area (Å²) in [6, 6.07) is 12.2. The maximum Gasteiger partial charge on any atom is 0.293 e. The number of thioether (sulfide) groups is 1. The number of carbonyl (C=O) groups is 2. The van der Waals surface area contributed by atoms with Crippen molar-refractivity contribution in [2.75, 3.05) is 0 Å². The number of phenols is 1. The van der Waals surface area contributed by atoms with Gasteiger partial charge in [-0.05, 0) is 35.5 Å². The van der Waals surface area contributed by atoms with Crippen LogP contribution in [0.4, 0.5) is 10.5 Å². The summed E-state index contributed by atoms with van der Waals surface area (Å²) in [6.07, 6.45) is 1.55. The number of carbonyl (C=O) groups excluding carboxylic acids is 2. The topological polar surface area (TPSA) is 101 Å². The molecule has 8 heteroatoms. The standard InChI is InChI=1S/C17H12N2O5S/c20-13-7-5-11(6-8-13)9-15-16(21)18(17(22)25-15)10-12-3-1-2-4-14(12)19(23)24/h1-9,20H,10H2/b15-9-. The molecule has 0 saturated carbocycles. The Balaban J connectivity index is 1.85. The number of phenolic OH excluding ortho intramolecular Hbond substituents is 1. The van der Waals surface area contributed by atoms with Crippen LogP contribution < -0.4 is 0 Å². The lowest BCUT2D eigenvalue weighted by molar-refractivity contribution is -0.385. The molecule has 2 amide bonds. The zero-order valence-corrected chi connectivity index (χ0v) is 13.6. The van der Waals surface area contributed by atoms with Crippen molar-refractivity contribution < 1.29 is 19.6 Å². The van der Waals surface area contributed by atoms with Crippen molar-refractivity contribution in [1.82, 2.24) is 4.90 Å². The number of rotatable bonds is 4. The summed E-state index contributed by atoms with van der Waals surface area (Å²) in [7, 11) is 0. The van der Waals surface area contributed by atoms with Gasteiger partial charge in [0.05, 0.1) is 16.4 Å². The smallest absolute Gasteiger partial charge is 0.293 e. The average molecular weight is 356 g/mol. The minimum Gasteiger partial charge on any atom is -0.508 e. The Morgan fingerprint density at radius 1 is 1.12 bits per heavy atom. The molecule has 1 aliphatic rings. The van der Waals surface area contributed by atoms with E-state index in [1.54, 1.807) is 24.3 Å². The first-order valence-electron chi connectivity index (χ1n) is 7.22. The molecule has 1 saturated heterocycles. The predicted molar refractivity (Wildman–Crippen MR) is 92.7 cm³/mol. The number of amides is 2. The fraction of sp³-hybridized carbons (Fsp3) is 0.0588. The molecule has 0 spiro atoms. The van der Waals surface area contributed by atoms with Crippen LogP contribution in [0, 0.1) is 10.1 Å². The van der Waals surface area contributed by atoms with Gasteiger partial charge >= 0.3 is 0 Å². The fourth-order valence-electron chi connectivity index (χ4n) is 2.35. The highest BCUT2D eigenvalue weighted by molar-refractivity contribution is 8.18. The number of imide groups is 1. The molecular formula is C17H12N2O5S. The summed E-state index contributed by atoms with van der Waals surface area (Å²) < 4.78 is 0. The summed E-state index contributed by atoms with van der Waals surface area (Å²) in [5.41, 5.74) is 0.818. The van der Waals surface area contributed by atoms with Crippen molar-refractivity contribution in [3.05, 3.63) is 74.7 Å². The first kappa shape index (κ1) is 16.7. The Kier molecular flexibility index (Phi) is 4.53. The van der Waals surface area contributed by atoms with Crippen LogP contribution >= 0.6 is 11.8 Å². The third-order valence-electron chi connectivity index (χ3n) is 3.58. The molecule has 0 bridgehead atoms. The first-order chi connectivity index (χ1) is 12.0. The van der Waals surface area contributed by atoms with E-state index in [0.717, 1.165) is 16.7 Å². The van der Waals surface area contributed by atoms with Crippen LogP contribution in [0.15, 0.2) is 53.4 Å². The molecule has 126 valence electrons. The minimum atomic E-state index is -0.541. The van der Waals surface area contributed by atoms with Crippen LogP contribution in [0.5, 0.6) is 5.75 Å². The van der Waals surface area contributed by atoms with Crippen LogP contribution in [0.25, 0.3) is 6.08 Å². The minimum absolute atomic E-state index is 0.0987. The summed E-state index contributed by atoms with van der Waals surface area (Å²) in [4.78, 5) is 36.4. The van der Waals surface area contributed by atoms with Crippen molar-refractivity contribution in [3.8, 4) is 5.75 Å². The van der Waals surface area contributed by atoms with Crippen molar-refractivity contribution in [3.63, 3.8) is 0 Å². The van der Waals surface area contributed by atoms with Gasteiger partial charge in [0.25, 0.3) is 16.8 Å². The molecule has 1 fully saturated rings. The summed E-state index contributed by atoms with van der Waals surface area (Å²) in [5, 5.41) is 19.9. The molecule has 0 aromatic heterocycles. The second-order valence-corrected chi connectivity index (χ2v) is 6.24.